The number of carbonyl (C=O) groups excluding carboxylic acids is 1. The third-order valence-corrected chi connectivity index (χ3v) is 6.48. The number of benzene rings is 1. The van der Waals surface area contributed by atoms with Crippen molar-refractivity contribution in [2.45, 2.75) is 36.4 Å². The zero-order chi connectivity index (χ0) is 17.6. The highest BCUT2D eigenvalue weighted by Crippen LogP contribution is 2.25. The van der Waals surface area contributed by atoms with E-state index in [0.717, 1.165) is 36.0 Å². The molecule has 134 valence electrons. The summed E-state index contributed by atoms with van der Waals surface area (Å²) in [4.78, 5) is 14.4. The summed E-state index contributed by atoms with van der Waals surface area (Å²) < 4.78 is 16.0. The molecule has 0 aliphatic carbocycles. The number of amides is 1. The van der Waals surface area contributed by atoms with Crippen LogP contribution in [0.5, 0.6) is 0 Å². The summed E-state index contributed by atoms with van der Waals surface area (Å²) in [5, 5.41) is 4.46. The molecule has 1 aliphatic heterocycles. The molecule has 0 radical (unpaired) electrons. The average Bonchev–Trinajstić information content (AvgIpc) is 2.94. The molecule has 2 aromatic rings. The van der Waals surface area contributed by atoms with Gasteiger partial charge in [-0.05, 0) is 49.3 Å². The summed E-state index contributed by atoms with van der Waals surface area (Å²) >= 11 is 8.14. The van der Waals surface area contributed by atoms with E-state index in [9.17, 15) is 9.18 Å². The second-order valence-corrected chi connectivity index (χ2v) is 8.80. The zero-order valence-electron chi connectivity index (χ0n) is 13.8. The van der Waals surface area contributed by atoms with Crippen LogP contribution in [0.3, 0.4) is 0 Å². The van der Waals surface area contributed by atoms with Gasteiger partial charge >= 0.3 is 0 Å². The Morgan fingerprint density at radius 1 is 1.16 bits per heavy atom. The zero-order valence-corrected chi connectivity index (χ0v) is 16.3. The van der Waals surface area contributed by atoms with Crippen molar-refractivity contribution >= 4 is 41.2 Å². The summed E-state index contributed by atoms with van der Waals surface area (Å²) in [6, 6.07) is 6.05. The third kappa shape index (κ3) is 5.12. The number of carbonyl (C=O) groups is 1. The molecule has 1 aliphatic rings. The molecular weight excluding hydrogens is 377 g/mol. The number of thioether (sulfide) groups is 1. The maximum atomic E-state index is 13.0. The minimum absolute atomic E-state index is 0.168. The van der Waals surface area contributed by atoms with Crippen LogP contribution >= 0.6 is 35.3 Å². The summed E-state index contributed by atoms with van der Waals surface area (Å²) in [6.07, 6.45) is 5.88. The second-order valence-electron chi connectivity index (χ2n) is 5.96. The van der Waals surface area contributed by atoms with Crippen LogP contribution in [0.4, 0.5) is 4.39 Å². The van der Waals surface area contributed by atoms with Gasteiger partial charge in [-0.1, -0.05) is 42.4 Å². The highest BCUT2D eigenvalue weighted by Gasteiger charge is 2.16. The van der Waals surface area contributed by atoms with Gasteiger partial charge in [-0.3, -0.25) is 4.79 Å². The number of likely N-dealkylation sites (tertiary alicyclic amines) is 1. The van der Waals surface area contributed by atoms with Crippen molar-refractivity contribution in [1.29, 1.82) is 0 Å². The molecule has 1 amide bonds. The lowest BCUT2D eigenvalue weighted by atomic mass is 10.1. The lowest BCUT2D eigenvalue weighted by Gasteiger charge is -2.24. The first kappa shape index (κ1) is 18.5. The molecule has 2 heterocycles. The first-order valence-corrected chi connectivity index (χ1v) is 10.6. The fraction of sp³-hybridized carbons (Fsp3) is 0.471. The van der Waals surface area contributed by atoms with Crippen molar-refractivity contribution in [3.05, 3.63) is 34.0 Å². The Morgan fingerprint density at radius 2 is 1.80 bits per heavy atom. The van der Waals surface area contributed by atoms with Gasteiger partial charge in [-0.15, -0.1) is 5.10 Å². The predicted octanol–water partition coefficient (Wildman–Crippen LogP) is 4.69. The van der Waals surface area contributed by atoms with Gasteiger partial charge in [0.1, 0.15) is 5.82 Å². The van der Waals surface area contributed by atoms with Crippen LogP contribution in [0.15, 0.2) is 28.6 Å². The Kier molecular flexibility index (Phi) is 6.61. The van der Waals surface area contributed by atoms with E-state index >= 15 is 0 Å². The van der Waals surface area contributed by atoms with Gasteiger partial charge in [-0.25, -0.2) is 9.07 Å². The van der Waals surface area contributed by atoms with Crippen LogP contribution in [-0.2, 0) is 4.79 Å². The van der Waals surface area contributed by atoms with E-state index in [1.165, 1.54) is 54.5 Å². The minimum Gasteiger partial charge on any atom is -0.342 e. The van der Waals surface area contributed by atoms with E-state index in [1.807, 2.05) is 4.90 Å². The molecule has 0 bridgehead atoms. The first-order valence-electron chi connectivity index (χ1n) is 8.40. The van der Waals surface area contributed by atoms with Gasteiger partial charge in [0.25, 0.3) is 0 Å². The lowest BCUT2D eigenvalue weighted by Crippen LogP contribution is -2.35. The summed E-state index contributed by atoms with van der Waals surface area (Å²) in [6.45, 7) is 1.72. The predicted molar refractivity (Wildman–Crippen MR) is 103 cm³/mol. The molecule has 4 nitrogen and oxygen atoms in total. The molecule has 1 fully saturated rings. The maximum Gasteiger partial charge on any atom is 0.233 e. The van der Waals surface area contributed by atoms with Gasteiger partial charge in [0, 0.05) is 13.1 Å². The van der Waals surface area contributed by atoms with Crippen molar-refractivity contribution in [2.24, 2.45) is 0 Å². The largest absolute Gasteiger partial charge is 0.342 e. The van der Waals surface area contributed by atoms with Crippen LogP contribution in [0.25, 0.3) is 5.69 Å². The fourth-order valence-corrected chi connectivity index (χ4v) is 5.04. The SMILES string of the molecule is O=C(CSc1nn(-c2ccc(F)cc2)c(=S)s1)N1CCCCCCC1. The smallest absolute Gasteiger partial charge is 0.233 e. The quantitative estimate of drug-likeness (QED) is 0.554. The Morgan fingerprint density at radius 3 is 2.48 bits per heavy atom. The number of nitrogens with zero attached hydrogens (tertiary/aromatic N) is 3. The molecule has 3 rings (SSSR count). The van der Waals surface area contributed by atoms with E-state index in [-0.39, 0.29) is 11.7 Å². The molecule has 1 aromatic carbocycles. The fourth-order valence-electron chi connectivity index (χ4n) is 2.78. The number of aromatic nitrogens is 2. The monoisotopic (exact) mass is 397 g/mol. The molecule has 0 spiro atoms. The highest BCUT2D eigenvalue weighted by molar-refractivity contribution is 8.01. The van der Waals surface area contributed by atoms with Crippen LogP contribution in [0.2, 0.25) is 0 Å². The Balaban J connectivity index is 1.61. The molecule has 0 N–H and O–H groups in total. The van der Waals surface area contributed by atoms with E-state index in [1.54, 1.807) is 16.8 Å². The number of hydrogen-bond acceptors (Lipinski definition) is 5. The first-order chi connectivity index (χ1) is 12.1. The molecule has 1 aromatic heterocycles. The summed E-state index contributed by atoms with van der Waals surface area (Å²) in [5.74, 6) is 0.256. The molecular formula is C17H20FN3OS3. The van der Waals surface area contributed by atoms with Crippen LogP contribution in [-0.4, -0.2) is 39.4 Å². The van der Waals surface area contributed by atoms with Crippen LogP contribution < -0.4 is 0 Å². The Bertz CT molecular complexity index is 764. The van der Waals surface area contributed by atoms with E-state index in [4.69, 9.17) is 12.2 Å². The molecule has 8 heteroatoms. The topological polar surface area (TPSA) is 38.1 Å². The van der Waals surface area contributed by atoms with Crippen molar-refractivity contribution < 1.29 is 9.18 Å². The number of hydrogen-bond donors (Lipinski definition) is 0. The Hall–Kier alpha value is -1.25. The van der Waals surface area contributed by atoms with Crippen molar-refractivity contribution in [3.63, 3.8) is 0 Å². The number of rotatable bonds is 4. The van der Waals surface area contributed by atoms with Crippen LogP contribution in [0, 0.1) is 9.77 Å². The van der Waals surface area contributed by atoms with Gasteiger partial charge in [0.2, 0.25) is 5.91 Å². The van der Waals surface area contributed by atoms with Crippen molar-refractivity contribution in [2.75, 3.05) is 18.8 Å². The number of halogens is 1. The van der Waals surface area contributed by atoms with E-state index in [2.05, 4.69) is 5.10 Å². The average molecular weight is 398 g/mol. The highest BCUT2D eigenvalue weighted by atomic mass is 32.2. The van der Waals surface area contributed by atoms with E-state index in [0.29, 0.717) is 9.71 Å². The molecule has 25 heavy (non-hydrogen) atoms. The van der Waals surface area contributed by atoms with E-state index < -0.39 is 0 Å². The van der Waals surface area contributed by atoms with Crippen LogP contribution in [0.1, 0.15) is 32.1 Å². The van der Waals surface area contributed by atoms with Gasteiger partial charge in [-0.2, -0.15) is 0 Å². The third-order valence-electron chi connectivity index (χ3n) is 4.13. The standard InChI is InChI=1S/C17H20FN3OS3/c18-13-6-8-14(9-7-13)21-17(23)25-16(19-21)24-12-15(22)20-10-4-2-1-3-5-11-20/h6-9H,1-5,10-12H2. The second kappa shape index (κ2) is 8.91. The summed E-state index contributed by atoms with van der Waals surface area (Å²) in [5.41, 5.74) is 0.726. The lowest BCUT2D eigenvalue weighted by molar-refractivity contribution is -0.128. The van der Waals surface area contributed by atoms with Gasteiger partial charge in [0.05, 0.1) is 11.4 Å². The molecule has 0 saturated carbocycles. The summed E-state index contributed by atoms with van der Waals surface area (Å²) in [7, 11) is 0. The van der Waals surface area contributed by atoms with Gasteiger partial charge < -0.3 is 4.90 Å². The Labute approximate surface area is 160 Å². The van der Waals surface area contributed by atoms with Crippen molar-refractivity contribution in [1.82, 2.24) is 14.7 Å². The normalized spacial score (nSPS) is 15.6. The maximum absolute atomic E-state index is 13.0. The molecule has 0 unspecified atom stereocenters. The minimum atomic E-state index is -0.293. The van der Waals surface area contributed by atoms with Gasteiger partial charge in [0.15, 0.2) is 8.29 Å². The van der Waals surface area contributed by atoms with Crippen molar-refractivity contribution in [3.8, 4) is 5.69 Å². The molecule has 0 atom stereocenters. The molecule has 1 saturated heterocycles.